The minimum atomic E-state index is -0.244. The molecule has 0 bridgehead atoms. The second-order valence-electron chi connectivity index (χ2n) is 7.86. The molecule has 0 saturated carbocycles. The summed E-state index contributed by atoms with van der Waals surface area (Å²) in [6.45, 7) is 5.76. The molecular formula is C25H29N5O3. The van der Waals surface area contributed by atoms with Gasteiger partial charge in [-0.05, 0) is 29.8 Å². The lowest BCUT2D eigenvalue weighted by molar-refractivity contribution is 0.102. The fraction of sp³-hybridized carbons (Fsp3) is 0.320. The number of hydrogen-bond donors (Lipinski definition) is 1. The lowest BCUT2D eigenvalue weighted by atomic mass is 10.1. The maximum Gasteiger partial charge on any atom is 0.259 e. The zero-order chi connectivity index (χ0) is 22.9. The molecule has 0 unspecified atom stereocenters. The van der Waals surface area contributed by atoms with Crippen LogP contribution in [-0.2, 0) is 11.3 Å². The molecule has 1 aliphatic rings. The van der Waals surface area contributed by atoms with Gasteiger partial charge in [0.25, 0.3) is 5.91 Å². The number of benzene rings is 2. The molecule has 0 atom stereocenters. The number of anilines is 2. The molecule has 33 heavy (non-hydrogen) atoms. The molecule has 0 radical (unpaired) electrons. The Balaban J connectivity index is 1.51. The third kappa shape index (κ3) is 6.27. The van der Waals surface area contributed by atoms with Gasteiger partial charge in [-0.15, -0.1) is 0 Å². The van der Waals surface area contributed by atoms with Gasteiger partial charge in [-0.25, -0.2) is 0 Å². The Hall–Kier alpha value is -3.49. The van der Waals surface area contributed by atoms with Crippen LogP contribution in [0.4, 0.5) is 11.4 Å². The molecule has 1 fully saturated rings. The van der Waals surface area contributed by atoms with Crippen molar-refractivity contribution in [3.63, 3.8) is 0 Å². The smallest absolute Gasteiger partial charge is 0.259 e. The number of carbonyl (C=O) groups is 1. The van der Waals surface area contributed by atoms with Crippen molar-refractivity contribution < 1.29 is 14.3 Å². The van der Waals surface area contributed by atoms with Gasteiger partial charge in [0.05, 0.1) is 30.3 Å². The van der Waals surface area contributed by atoms with Gasteiger partial charge in [0.1, 0.15) is 12.4 Å². The second kappa shape index (κ2) is 11.4. The van der Waals surface area contributed by atoms with E-state index >= 15 is 0 Å². The topological polar surface area (TPSA) is 79.8 Å². The molecule has 2 heterocycles. The van der Waals surface area contributed by atoms with Gasteiger partial charge >= 0.3 is 0 Å². The van der Waals surface area contributed by atoms with Crippen molar-refractivity contribution >= 4 is 17.3 Å². The van der Waals surface area contributed by atoms with E-state index in [1.807, 2.05) is 48.5 Å². The van der Waals surface area contributed by atoms with E-state index in [1.165, 1.54) is 6.20 Å². The van der Waals surface area contributed by atoms with Gasteiger partial charge in [-0.3, -0.25) is 9.69 Å². The van der Waals surface area contributed by atoms with Crippen molar-refractivity contribution in [1.82, 2.24) is 15.1 Å². The molecule has 1 amide bonds. The molecule has 2 aromatic carbocycles. The lowest BCUT2D eigenvalue weighted by Gasteiger charge is -2.36. The summed E-state index contributed by atoms with van der Waals surface area (Å²) in [5.74, 6) is 0.299. The number of aromatic nitrogens is 2. The van der Waals surface area contributed by atoms with Crippen molar-refractivity contribution in [2.75, 3.05) is 56.7 Å². The number of piperazine rings is 1. The van der Waals surface area contributed by atoms with Gasteiger partial charge in [-0.1, -0.05) is 30.3 Å². The molecule has 0 aliphatic carbocycles. The first-order valence-electron chi connectivity index (χ1n) is 11.1. The first-order chi connectivity index (χ1) is 16.2. The molecule has 1 N–H and O–H groups in total. The van der Waals surface area contributed by atoms with Gasteiger partial charge < -0.3 is 19.7 Å². The fourth-order valence-electron chi connectivity index (χ4n) is 3.77. The highest BCUT2D eigenvalue weighted by Gasteiger charge is 2.20. The van der Waals surface area contributed by atoms with Crippen LogP contribution in [0, 0.1) is 0 Å². The molecule has 8 heteroatoms. The van der Waals surface area contributed by atoms with Crippen molar-refractivity contribution in [2.24, 2.45) is 0 Å². The van der Waals surface area contributed by atoms with E-state index in [2.05, 4.69) is 25.3 Å². The number of carbonyl (C=O) groups excluding carboxylic acids is 1. The largest absolute Gasteiger partial charge is 0.488 e. The van der Waals surface area contributed by atoms with Crippen LogP contribution >= 0.6 is 0 Å². The maximum atomic E-state index is 13.2. The van der Waals surface area contributed by atoms with Crippen LogP contribution in [0.3, 0.4) is 0 Å². The van der Waals surface area contributed by atoms with Crippen LogP contribution < -0.4 is 15.0 Å². The summed E-state index contributed by atoms with van der Waals surface area (Å²) in [5, 5.41) is 10.5. The summed E-state index contributed by atoms with van der Waals surface area (Å²) in [6.07, 6.45) is 3.06. The SMILES string of the molecule is COCCN1CCN(c2ccc(OCc3ccccc3)c(C(=O)Nc3ccnnc3)c2)CC1. The number of hydrogen-bond acceptors (Lipinski definition) is 7. The highest BCUT2D eigenvalue weighted by atomic mass is 16.5. The van der Waals surface area contributed by atoms with Crippen LogP contribution in [0.15, 0.2) is 67.0 Å². The fourth-order valence-corrected chi connectivity index (χ4v) is 3.77. The maximum absolute atomic E-state index is 13.2. The van der Waals surface area contributed by atoms with Crippen LogP contribution in [0.5, 0.6) is 5.75 Å². The number of nitrogens with one attached hydrogen (secondary N) is 1. The monoisotopic (exact) mass is 447 g/mol. The van der Waals surface area contributed by atoms with Gasteiger partial charge in [-0.2, -0.15) is 10.2 Å². The van der Waals surface area contributed by atoms with E-state index in [4.69, 9.17) is 9.47 Å². The minimum Gasteiger partial charge on any atom is -0.488 e. The number of methoxy groups -OCH3 is 1. The lowest BCUT2D eigenvalue weighted by Crippen LogP contribution is -2.47. The Morgan fingerprint density at radius 3 is 2.58 bits per heavy atom. The Morgan fingerprint density at radius 1 is 1.03 bits per heavy atom. The summed E-state index contributed by atoms with van der Waals surface area (Å²) >= 11 is 0. The van der Waals surface area contributed by atoms with E-state index in [0.717, 1.165) is 50.6 Å². The highest BCUT2D eigenvalue weighted by Crippen LogP contribution is 2.28. The third-order valence-corrected chi connectivity index (χ3v) is 5.64. The van der Waals surface area contributed by atoms with Gasteiger partial charge in [0.15, 0.2) is 0 Å². The summed E-state index contributed by atoms with van der Waals surface area (Å²) in [5.41, 5.74) is 3.12. The minimum absolute atomic E-state index is 0.244. The molecule has 1 aliphatic heterocycles. The van der Waals surface area contributed by atoms with Crippen molar-refractivity contribution in [3.05, 3.63) is 78.1 Å². The average Bonchev–Trinajstić information content (AvgIpc) is 2.87. The molecule has 172 valence electrons. The molecule has 4 rings (SSSR count). The van der Waals surface area contributed by atoms with Gasteiger partial charge in [0, 0.05) is 45.5 Å². The highest BCUT2D eigenvalue weighted by molar-refractivity contribution is 6.06. The van der Waals surface area contributed by atoms with E-state index in [1.54, 1.807) is 19.4 Å². The summed E-state index contributed by atoms with van der Waals surface area (Å²) in [6, 6.07) is 17.4. The Kier molecular flexibility index (Phi) is 7.84. The number of ether oxygens (including phenoxy) is 2. The van der Waals surface area contributed by atoms with Crippen molar-refractivity contribution in [2.45, 2.75) is 6.61 Å². The first kappa shape index (κ1) is 22.7. The van der Waals surface area contributed by atoms with E-state index < -0.39 is 0 Å². The summed E-state index contributed by atoms with van der Waals surface area (Å²) < 4.78 is 11.2. The van der Waals surface area contributed by atoms with E-state index in [0.29, 0.717) is 23.6 Å². The quantitative estimate of drug-likeness (QED) is 0.540. The third-order valence-electron chi connectivity index (χ3n) is 5.64. The summed E-state index contributed by atoms with van der Waals surface area (Å²) in [7, 11) is 1.73. The zero-order valence-corrected chi connectivity index (χ0v) is 18.8. The van der Waals surface area contributed by atoms with E-state index in [9.17, 15) is 4.79 Å². The van der Waals surface area contributed by atoms with Crippen LogP contribution in [0.25, 0.3) is 0 Å². The van der Waals surface area contributed by atoms with Crippen molar-refractivity contribution in [1.29, 1.82) is 0 Å². The number of amides is 1. The van der Waals surface area contributed by atoms with E-state index in [-0.39, 0.29) is 5.91 Å². The Labute approximate surface area is 194 Å². The standard InChI is InChI=1S/C25H29N5O3/c1-32-16-15-29-11-13-30(14-12-29)22-7-8-24(33-19-20-5-3-2-4-6-20)23(17-22)25(31)28-21-9-10-26-27-18-21/h2-10,17-18H,11-16,19H2,1H3,(H,26,28,31). The molecule has 8 nitrogen and oxygen atoms in total. The molecule has 3 aromatic rings. The zero-order valence-electron chi connectivity index (χ0n) is 18.8. The first-order valence-corrected chi connectivity index (χ1v) is 11.1. The number of rotatable bonds is 9. The van der Waals surface area contributed by atoms with Crippen molar-refractivity contribution in [3.8, 4) is 5.75 Å². The number of nitrogens with zero attached hydrogens (tertiary/aromatic N) is 4. The van der Waals surface area contributed by atoms with Crippen LogP contribution in [0.1, 0.15) is 15.9 Å². The average molecular weight is 448 g/mol. The second-order valence-corrected chi connectivity index (χ2v) is 7.86. The normalized spacial score (nSPS) is 14.2. The summed E-state index contributed by atoms with van der Waals surface area (Å²) in [4.78, 5) is 17.9. The van der Waals surface area contributed by atoms with Crippen LogP contribution in [0.2, 0.25) is 0 Å². The molecule has 1 saturated heterocycles. The van der Waals surface area contributed by atoms with Crippen LogP contribution in [-0.4, -0.2) is 67.4 Å². The predicted molar refractivity (Wildman–Crippen MR) is 128 cm³/mol. The Morgan fingerprint density at radius 2 is 1.85 bits per heavy atom. The van der Waals surface area contributed by atoms with Gasteiger partial charge in [0.2, 0.25) is 0 Å². The molecule has 0 spiro atoms. The Bertz CT molecular complexity index is 1020. The predicted octanol–water partition coefficient (Wildman–Crippen LogP) is 3.08. The molecule has 1 aromatic heterocycles. The molecular weight excluding hydrogens is 418 g/mol.